The summed E-state index contributed by atoms with van der Waals surface area (Å²) in [5.41, 5.74) is -1.60. The molecule has 5 rings (SSSR count). The van der Waals surface area contributed by atoms with E-state index in [-0.39, 0.29) is 37.4 Å². The van der Waals surface area contributed by atoms with Crippen LogP contribution in [0.1, 0.15) is 87.1 Å². The lowest BCUT2D eigenvalue weighted by molar-refractivity contribution is -0.301. The van der Waals surface area contributed by atoms with E-state index >= 15 is 0 Å². The summed E-state index contributed by atoms with van der Waals surface area (Å²) in [6.07, 6.45) is -2.63. The average Bonchev–Trinajstić information content (AvgIpc) is 3.52. The number of nitrogens with one attached hydrogen (secondary N) is 1. The number of hydrogen-bond donors (Lipinski definition) is 2. The maximum absolute atomic E-state index is 14.5. The third-order valence-corrected chi connectivity index (χ3v) is 12.5. The number of nitrogens with zero attached hydrogens (tertiary/aromatic N) is 2. The molecular weight excluding hydrogens is 791 g/mol. The van der Waals surface area contributed by atoms with Crippen LogP contribution >= 0.6 is 0 Å². The van der Waals surface area contributed by atoms with Crippen molar-refractivity contribution in [3.8, 4) is 0 Å². The Kier molecular flexibility index (Phi) is 15.2. The Balaban J connectivity index is 1.55. The second-order valence-corrected chi connectivity index (χ2v) is 17.5. The molecule has 1 aromatic heterocycles. The molecule has 1 aromatic carbocycles. The molecule has 0 bridgehead atoms. The zero-order valence-electron chi connectivity index (χ0n) is 37.1. The Labute approximate surface area is 357 Å². The molecule has 0 radical (unpaired) electrons. The largest absolute Gasteiger partial charge is 0.509 e. The summed E-state index contributed by atoms with van der Waals surface area (Å²) < 4.78 is 42.6. The number of likely N-dealkylation sites (N-methyl/N-ethyl adjacent to an activating group) is 1. The molecule has 14 atom stereocenters. The molecule has 0 saturated carbocycles. The number of aliphatic hydroxyl groups is 1. The molecule has 16 heteroatoms. The highest BCUT2D eigenvalue weighted by Gasteiger charge is 2.58. The summed E-state index contributed by atoms with van der Waals surface area (Å²) >= 11 is 0. The Bertz CT molecular complexity index is 1940. The number of aromatic nitrogens is 1. The van der Waals surface area contributed by atoms with Gasteiger partial charge in [0.2, 0.25) is 0 Å². The highest BCUT2D eigenvalue weighted by Crippen LogP contribution is 2.41. The first-order valence-corrected chi connectivity index (χ1v) is 21.1. The molecule has 3 fully saturated rings. The molecule has 61 heavy (non-hydrogen) atoms. The molecule has 0 aliphatic carbocycles. The monoisotopic (exact) mass is 853 g/mol. The standard InChI is InChI=1S/C45H63N3O13/c1-12-34-45(9)38(47-42(53)60-45)26(4)35(50)24(2)22-44(8,61-43(54)55-19-15-16-30-21-31-17-13-14-18-32(31)46-23-30)39(27(5)36(51)28(6)40(52)58-34)59-41-37(57-29(7)49)33(48(10)11)20-25(3)56-41/h13-18,21,23-28,33-34,36-39,41,51H,12,19-20,22H2,1-11H3,(H,47,53)/t24-,25-,26+,27+,28-,33+,34-,36+,37-,38-,39-,41+,44-,45-/m1/s1. The number of pyridine rings is 1. The topological polar surface area (TPSA) is 198 Å². The second kappa shape index (κ2) is 19.6. The number of ketones is 1. The van der Waals surface area contributed by atoms with Gasteiger partial charge in [0.05, 0.1) is 35.7 Å². The molecule has 2 aromatic rings. The number of ether oxygens (including phenoxy) is 7. The number of carbonyl (C=O) groups excluding carboxylic acids is 5. The zero-order valence-corrected chi connectivity index (χ0v) is 37.1. The molecule has 0 spiro atoms. The van der Waals surface area contributed by atoms with E-state index in [2.05, 4.69) is 10.3 Å². The Hall–Kier alpha value is -4.64. The zero-order chi connectivity index (χ0) is 45.0. The lowest BCUT2D eigenvalue weighted by Gasteiger charge is -2.48. The number of fused-ring (bicyclic) bond motifs is 2. The average molecular weight is 854 g/mol. The molecule has 3 aliphatic rings. The van der Waals surface area contributed by atoms with Gasteiger partial charge in [0.1, 0.15) is 30.2 Å². The Morgan fingerprint density at radius 2 is 1.77 bits per heavy atom. The van der Waals surface area contributed by atoms with Gasteiger partial charge in [-0.05, 0) is 84.8 Å². The van der Waals surface area contributed by atoms with Crippen LogP contribution in [0.15, 0.2) is 42.6 Å². The van der Waals surface area contributed by atoms with Gasteiger partial charge in [0.15, 0.2) is 18.0 Å². The van der Waals surface area contributed by atoms with Crippen LogP contribution in [-0.2, 0) is 47.5 Å². The van der Waals surface area contributed by atoms with Gasteiger partial charge in [0, 0.05) is 36.3 Å². The number of benzene rings is 1. The van der Waals surface area contributed by atoms with E-state index in [9.17, 15) is 29.1 Å². The van der Waals surface area contributed by atoms with Crippen LogP contribution in [0.2, 0.25) is 0 Å². The van der Waals surface area contributed by atoms with Crippen LogP contribution in [0.25, 0.3) is 17.0 Å². The van der Waals surface area contributed by atoms with E-state index in [0.29, 0.717) is 6.42 Å². The number of para-hydroxylation sites is 1. The summed E-state index contributed by atoms with van der Waals surface area (Å²) in [7, 11) is 3.68. The van der Waals surface area contributed by atoms with Crippen LogP contribution in [0.5, 0.6) is 0 Å². The summed E-state index contributed by atoms with van der Waals surface area (Å²) in [5, 5.41) is 15.8. The van der Waals surface area contributed by atoms with Crippen molar-refractivity contribution in [2.75, 3.05) is 20.7 Å². The summed E-state index contributed by atoms with van der Waals surface area (Å²) in [6.45, 7) is 14.3. The van der Waals surface area contributed by atoms with Crippen molar-refractivity contribution in [1.82, 2.24) is 15.2 Å². The fourth-order valence-electron chi connectivity index (χ4n) is 9.24. The summed E-state index contributed by atoms with van der Waals surface area (Å²) in [4.78, 5) is 74.0. The summed E-state index contributed by atoms with van der Waals surface area (Å²) in [6, 6.07) is 8.35. The Morgan fingerprint density at radius 3 is 2.44 bits per heavy atom. The Morgan fingerprint density at radius 1 is 1.07 bits per heavy atom. The minimum atomic E-state index is -1.78. The lowest BCUT2D eigenvalue weighted by Crippen LogP contribution is -2.61. The van der Waals surface area contributed by atoms with Gasteiger partial charge >= 0.3 is 24.2 Å². The number of esters is 2. The van der Waals surface area contributed by atoms with E-state index in [1.807, 2.05) is 56.3 Å². The molecular formula is C45H63N3O13. The smallest absolute Gasteiger partial charge is 0.458 e. The maximum Gasteiger partial charge on any atom is 0.509 e. The lowest BCUT2D eigenvalue weighted by atomic mass is 9.73. The summed E-state index contributed by atoms with van der Waals surface area (Å²) in [5.74, 6) is -5.64. The molecule has 3 aliphatic heterocycles. The quantitative estimate of drug-likeness (QED) is 0.233. The highest BCUT2D eigenvalue weighted by molar-refractivity contribution is 5.85. The number of aliphatic hydroxyl groups excluding tert-OH is 1. The highest BCUT2D eigenvalue weighted by atomic mass is 16.8. The predicted octanol–water partition coefficient (Wildman–Crippen LogP) is 5.61. The van der Waals surface area contributed by atoms with Gasteiger partial charge in [-0.25, -0.2) is 9.59 Å². The van der Waals surface area contributed by atoms with E-state index in [1.54, 1.807) is 59.9 Å². The number of alkyl carbamates (subject to hydrolysis) is 1. The van der Waals surface area contributed by atoms with Crippen molar-refractivity contribution in [2.45, 2.75) is 142 Å². The number of hydrogen-bond acceptors (Lipinski definition) is 15. The van der Waals surface area contributed by atoms with Crippen molar-refractivity contribution in [3.63, 3.8) is 0 Å². The van der Waals surface area contributed by atoms with Gasteiger partial charge in [-0.15, -0.1) is 0 Å². The van der Waals surface area contributed by atoms with Crippen LogP contribution in [0, 0.1) is 23.7 Å². The van der Waals surface area contributed by atoms with Crippen molar-refractivity contribution >= 4 is 46.9 Å². The third kappa shape index (κ3) is 10.7. The molecule has 336 valence electrons. The van der Waals surface area contributed by atoms with Crippen molar-refractivity contribution < 1.29 is 62.2 Å². The molecule has 4 heterocycles. The third-order valence-electron chi connectivity index (χ3n) is 12.5. The predicted molar refractivity (Wildman–Crippen MR) is 223 cm³/mol. The normalized spacial score (nSPS) is 36.4. The van der Waals surface area contributed by atoms with Crippen LogP contribution in [0.3, 0.4) is 0 Å². The fourth-order valence-corrected chi connectivity index (χ4v) is 9.24. The molecule has 0 unspecified atom stereocenters. The minimum absolute atomic E-state index is 0.169. The van der Waals surface area contributed by atoms with E-state index < -0.39 is 95.8 Å². The van der Waals surface area contributed by atoms with Gasteiger partial charge in [-0.2, -0.15) is 0 Å². The van der Waals surface area contributed by atoms with E-state index in [4.69, 9.17) is 33.2 Å². The number of carbonyl (C=O) groups is 5. The molecule has 1 amide bonds. The second-order valence-electron chi connectivity index (χ2n) is 17.5. The first-order chi connectivity index (χ1) is 28.7. The van der Waals surface area contributed by atoms with Crippen molar-refractivity contribution in [2.24, 2.45) is 23.7 Å². The van der Waals surface area contributed by atoms with Crippen molar-refractivity contribution in [1.29, 1.82) is 0 Å². The van der Waals surface area contributed by atoms with Gasteiger partial charge in [-0.3, -0.25) is 19.4 Å². The van der Waals surface area contributed by atoms with Gasteiger partial charge in [0.25, 0.3) is 0 Å². The van der Waals surface area contributed by atoms with Crippen LogP contribution < -0.4 is 5.32 Å². The fraction of sp³-hybridized carbons (Fsp3) is 0.644. The first-order valence-electron chi connectivity index (χ1n) is 21.1. The van der Waals surface area contributed by atoms with Crippen molar-refractivity contribution in [3.05, 3.63) is 48.2 Å². The number of amides is 1. The number of cyclic esters (lactones) is 1. The molecule has 16 nitrogen and oxygen atoms in total. The molecule has 3 saturated heterocycles. The van der Waals surface area contributed by atoms with Gasteiger partial charge in [-0.1, -0.05) is 52.0 Å². The van der Waals surface area contributed by atoms with Gasteiger partial charge < -0.3 is 48.5 Å². The molecule has 2 N–H and O–H groups in total. The number of rotatable bonds is 9. The first kappa shape index (κ1) is 47.4. The minimum Gasteiger partial charge on any atom is -0.458 e. The van der Waals surface area contributed by atoms with Crippen LogP contribution in [0.4, 0.5) is 9.59 Å². The number of Topliss-reactive ketones (excluding diaryl/α,β-unsaturated/α-hetero) is 1. The SMILES string of the molecule is CC[C@H]1OC(=O)[C@H](C)[C@@H](O)[C@H](C)[C@@H](O[C@@H]2O[C@H](C)C[C@H](N(C)C)[C@H]2OC(C)=O)[C@](C)(OC(=O)OCC=Cc2cnc3ccccc3c2)C[C@@H](C)C(=O)[C@H](C)[C@H]2NC(=O)O[C@@]21C. The maximum atomic E-state index is 14.5. The van der Waals surface area contributed by atoms with E-state index in [0.717, 1.165) is 16.5 Å². The van der Waals surface area contributed by atoms with E-state index in [1.165, 1.54) is 13.8 Å². The van der Waals surface area contributed by atoms with Crippen LogP contribution in [-0.4, -0.2) is 126 Å².